The first kappa shape index (κ1) is 17.0. The molecule has 1 atom stereocenters. The Balaban J connectivity index is 1.54. The van der Waals surface area contributed by atoms with Crippen LogP contribution >= 0.6 is 0 Å². The molecule has 1 unspecified atom stereocenters. The molecule has 0 bridgehead atoms. The molecule has 0 aromatic heterocycles. The Kier molecular flexibility index (Phi) is 5.89. The van der Waals surface area contributed by atoms with Gasteiger partial charge in [-0.3, -0.25) is 0 Å². The summed E-state index contributed by atoms with van der Waals surface area (Å²) in [7, 11) is 0. The summed E-state index contributed by atoms with van der Waals surface area (Å²) < 4.78 is 0. The fourth-order valence-corrected chi connectivity index (χ4v) is 3.36. The molecule has 1 saturated heterocycles. The quantitative estimate of drug-likeness (QED) is 0.808. The molecule has 2 aromatic rings. The van der Waals surface area contributed by atoms with Crippen LogP contribution in [0.1, 0.15) is 42.5 Å². The maximum Gasteiger partial charge on any atom is 0.0681 e. The van der Waals surface area contributed by atoms with Gasteiger partial charge in [0.1, 0.15) is 0 Å². The molecular weight excluding hydrogens is 296 g/mol. The molecule has 24 heavy (non-hydrogen) atoms. The van der Waals surface area contributed by atoms with E-state index in [1.54, 1.807) is 0 Å². The molecule has 1 aliphatic rings. The van der Waals surface area contributed by atoms with Crippen LogP contribution in [0.2, 0.25) is 0 Å². The summed E-state index contributed by atoms with van der Waals surface area (Å²) >= 11 is 0. The lowest BCUT2D eigenvalue weighted by Crippen LogP contribution is -2.21. The maximum absolute atomic E-state index is 9.27. The van der Waals surface area contributed by atoms with Crippen molar-refractivity contribution in [3.8, 4) is 0 Å². The second kappa shape index (κ2) is 8.32. The van der Waals surface area contributed by atoms with Gasteiger partial charge in [0.15, 0.2) is 0 Å². The van der Waals surface area contributed by atoms with E-state index in [1.165, 1.54) is 43.6 Å². The molecule has 3 rings (SSSR count). The molecule has 1 aliphatic heterocycles. The van der Waals surface area contributed by atoms with Crippen LogP contribution in [0.3, 0.4) is 0 Å². The molecule has 1 heterocycles. The lowest BCUT2D eigenvalue weighted by atomic mass is 10.0. The predicted molar refractivity (Wildman–Crippen MR) is 100 cm³/mol. The molecule has 1 fully saturated rings. The number of nitrogens with one attached hydrogen (secondary N) is 1. The zero-order valence-electron chi connectivity index (χ0n) is 14.5. The first-order valence-corrected chi connectivity index (χ1v) is 9.02. The van der Waals surface area contributed by atoms with Gasteiger partial charge < -0.3 is 15.3 Å². The Bertz CT molecular complexity index is 633. The van der Waals surface area contributed by atoms with Crippen LogP contribution < -0.4 is 5.32 Å². The van der Waals surface area contributed by atoms with Crippen LogP contribution in [0.4, 0.5) is 5.69 Å². The van der Waals surface area contributed by atoms with Crippen LogP contribution in [-0.2, 0) is 13.0 Å². The van der Waals surface area contributed by atoms with Gasteiger partial charge in [0, 0.05) is 18.3 Å². The highest BCUT2D eigenvalue weighted by Crippen LogP contribution is 2.21. The van der Waals surface area contributed by atoms with Gasteiger partial charge in [0.25, 0.3) is 0 Å². The van der Waals surface area contributed by atoms with Gasteiger partial charge in [-0.1, -0.05) is 36.4 Å². The van der Waals surface area contributed by atoms with Crippen molar-refractivity contribution in [1.82, 2.24) is 4.90 Å². The molecule has 0 radical (unpaired) electrons. The van der Waals surface area contributed by atoms with E-state index < -0.39 is 0 Å². The van der Waals surface area contributed by atoms with E-state index in [-0.39, 0.29) is 12.6 Å². The highest BCUT2D eigenvalue weighted by molar-refractivity contribution is 5.47. The number of anilines is 1. The number of nitrogens with zero attached hydrogens (tertiary/aromatic N) is 1. The van der Waals surface area contributed by atoms with Crippen LogP contribution in [0.25, 0.3) is 0 Å². The van der Waals surface area contributed by atoms with Crippen LogP contribution in [-0.4, -0.2) is 29.6 Å². The van der Waals surface area contributed by atoms with Crippen molar-refractivity contribution in [3.63, 3.8) is 0 Å². The van der Waals surface area contributed by atoms with Crippen molar-refractivity contribution in [1.29, 1.82) is 0 Å². The summed E-state index contributed by atoms with van der Waals surface area (Å²) in [5.41, 5.74) is 4.70. The Labute approximate surface area is 145 Å². The molecule has 3 nitrogen and oxygen atoms in total. The molecule has 0 aliphatic carbocycles. The molecule has 2 aromatic carbocycles. The average Bonchev–Trinajstić information content (AvgIpc) is 3.15. The number of aliphatic hydroxyl groups excluding tert-OH is 1. The lowest BCUT2D eigenvalue weighted by molar-refractivity contribution is 0.281. The highest BCUT2D eigenvalue weighted by Gasteiger charge is 2.11. The third-order valence-corrected chi connectivity index (χ3v) is 4.89. The first-order valence-electron chi connectivity index (χ1n) is 9.02. The number of likely N-dealkylation sites (tertiary alicyclic amines) is 1. The lowest BCUT2D eigenvalue weighted by Gasteiger charge is -2.17. The smallest absolute Gasteiger partial charge is 0.0681 e. The predicted octanol–water partition coefficient (Wildman–Crippen LogP) is 3.99. The Morgan fingerprint density at radius 1 is 1.04 bits per heavy atom. The minimum absolute atomic E-state index is 0.0896. The van der Waals surface area contributed by atoms with E-state index >= 15 is 0 Å². The first-order chi connectivity index (χ1) is 11.7. The van der Waals surface area contributed by atoms with Gasteiger partial charge in [0.05, 0.1) is 6.61 Å². The van der Waals surface area contributed by atoms with Gasteiger partial charge in [-0.05, 0) is 68.1 Å². The SMILES string of the molecule is CC(Nc1ccc(CCN2CCCC2)cc1)c1cccc(CO)c1. The number of aliphatic hydroxyl groups is 1. The zero-order valence-corrected chi connectivity index (χ0v) is 14.5. The van der Waals surface area contributed by atoms with Gasteiger partial charge in [0.2, 0.25) is 0 Å². The molecule has 2 N–H and O–H groups in total. The second-order valence-corrected chi connectivity index (χ2v) is 6.76. The second-order valence-electron chi connectivity index (χ2n) is 6.76. The largest absolute Gasteiger partial charge is 0.392 e. The summed E-state index contributed by atoms with van der Waals surface area (Å²) in [6.45, 7) is 5.95. The summed E-state index contributed by atoms with van der Waals surface area (Å²) in [4.78, 5) is 2.56. The van der Waals surface area contributed by atoms with Gasteiger partial charge >= 0.3 is 0 Å². The van der Waals surface area contributed by atoms with Crippen molar-refractivity contribution in [3.05, 3.63) is 65.2 Å². The van der Waals surface area contributed by atoms with Crippen molar-refractivity contribution in [2.45, 2.75) is 38.8 Å². The minimum atomic E-state index is 0.0896. The zero-order chi connectivity index (χ0) is 16.8. The average molecular weight is 324 g/mol. The van der Waals surface area contributed by atoms with E-state index in [0.29, 0.717) is 0 Å². The third kappa shape index (κ3) is 4.59. The number of hydrogen-bond donors (Lipinski definition) is 2. The summed E-state index contributed by atoms with van der Waals surface area (Å²) in [5.74, 6) is 0. The molecule has 0 amide bonds. The number of benzene rings is 2. The van der Waals surface area contributed by atoms with E-state index in [0.717, 1.165) is 17.7 Å². The van der Waals surface area contributed by atoms with Crippen LogP contribution in [0.5, 0.6) is 0 Å². The Morgan fingerprint density at radius 3 is 2.50 bits per heavy atom. The maximum atomic E-state index is 9.27. The normalized spacial score (nSPS) is 16.2. The molecular formula is C21H28N2O. The van der Waals surface area contributed by atoms with Crippen molar-refractivity contribution in [2.24, 2.45) is 0 Å². The molecule has 3 heteroatoms. The van der Waals surface area contributed by atoms with Crippen molar-refractivity contribution >= 4 is 5.69 Å². The molecule has 128 valence electrons. The Morgan fingerprint density at radius 2 is 1.79 bits per heavy atom. The van der Waals surface area contributed by atoms with Gasteiger partial charge in [-0.15, -0.1) is 0 Å². The Hall–Kier alpha value is -1.84. The van der Waals surface area contributed by atoms with Crippen LogP contribution in [0.15, 0.2) is 48.5 Å². The van der Waals surface area contributed by atoms with E-state index in [2.05, 4.69) is 53.5 Å². The van der Waals surface area contributed by atoms with E-state index in [4.69, 9.17) is 0 Å². The number of hydrogen-bond acceptors (Lipinski definition) is 3. The number of rotatable bonds is 7. The van der Waals surface area contributed by atoms with E-state index in [1.807, 2.05) is 12.1 Å². The van der Waals surface area contributed by atoms with E-state index in [9.17, 15) is 5.11 Å². The van der Waals surface area contributed by atoms with Crippen molar-refractivity contribution < 1.29 is 5.11 Å². The van der Waals surface area contributed by atoms with Gasteiger partial charge in [-0.25, -0.2) is 0 Å². The molecule has 0 saturated carbocycles. The fraction of sp³-hybridized carbons (Fsp3) is 0.429. The van der Waals surface area contributed by atoms with Crippen molar-refractivity contribution in [2.75, 3.05) is 25.0 Å². The molecule has 0 spiro atoms. The fourth-order valence-electron chi connectivity index (χ4n) is 3.36. The monoisotopic (exact) mass is 324 g/mol. The summed E-state index contributed by atoms with van der Waals surface area (Å²) in [6, 6.07) is 17.1. The standard InChI is InChI=1S/C21H28N2O/c1-17(20-6-4-5-19(15-20)16-24)22-21-9-7-18(8-10-21)11-14-23-12-2-3-13-23/h4-10,15,17,22,24H,2-3,11-14,16H2,1H3. The third-order valence-electron chi connectivity index (χ3n) is 4.89. The van der Waals surface area contributed by atoms with Gasteiger partial charge in [-0.2, -0.15) is 0 Å². The summed E-state index contributed by atoms with van der Waals surface area (Å²) in [5, 5.41) is 12.8. The van der Waals surface area contributed by atoms with Crippen LogP contribution in [0, 0.1) is 0 Å². The minimum Gasteiger partial charge on any atom is -0.392 e. The summed E-state index contributed by atoms with van der Waals surface area (Å²) in [6.07, 6.45) is 3.85. The topological polar surface area (TPSA) is 35.5 Å². The highest BCUT2D eigenvalue weighted by atomic mass is 16.3.